The minimum Gasteiger partial charge on any atom is -0.494 e. The predicted molar refractivity (Wildman–Crippen MR) is 86.8 cm³/mol. The highest BCUT2D eigenvalue weighted by molar-refractivity contribution is 6.06. The number of hydrogen-bond donors (Lipinski definition) is 2. The molecular formula is C17H12N4O3. The normalized spacial score (nSPS) is 12.6. The SMILES string of the molecule is Cn1c(O)c2ccc(C(=O)N=C3N=c4ccccc4=N3)cc2c1O. The van der Waals surface area contributed by atoms with Gasteiger partial charge in [0.15, 0.2) is 0 Å². The number of aliphatic imine (C=N–C) groups is 1. The van der Waals surface area contributed by atoms with Crippen molar-refractivity contribution in [3.8, 4) is 11.8 Å². The molecule has 0 bridgehead atoms. The van der Waals surface area contributed by atoms with Crippen molar-refractivity contribution in [2.45, 2.75) is 0 Å². The summed E-state index contributed by atoms with van der Waals surface area (Å²) in [7, 11) is 1.53. The van der Waals surface area contributed by atoms with Crippen LogP contribution in [0.1, 0.15) is 10.4 Å². The number of guanidine groups is 1. The molecule has 0 saturated heterocycles. The van der Waals surface area contributed by atoms with E-state index in [1.54, 1.807) is 18.2 Å². The number of aromatic nitrogens is 1. The number of rotatable bonds is 1. The van der Waals surface area contributed by atoms with Crippen molar-refractivity contribution < 1.29 is 15.0 Å². The van der Waals surface area contributed by atoms with Gasteiger partial charge in [-0.3, -0.25) is 9.36 Å². The first-order valence-corrected chi connectivity index (χ1v) is 7.20. The summed E-state index contributed by atoms with van der Waals surface area (Å²) in [4.78, 5) is 24.6. The third-order valence-electron chi connectivity index (χ3n) is 3.91. The zero-order valence-corrected chi connectivity index (χ0v) is 12.6. The molecule has 1 amide bonds. The van der Waals surface area contributed by atoms with Gasteiger partial charge < -0.3 is 10.2 Å². The molecule has 0 unspecified atom stereocenters. The Balaban J connectivity index is 1.76. The van der Waals surface area contributed by atoms with E-state index in [-0.39, 0.29) is 23.3 Å². The van der Waals surface area contributed by atoms with Crippen molar-refractivity contribution in [1.82, 2.24) is 4.57 Å². The highest BCUT2D eigenvalue weighted by Crippen LogP contribution is 2.35. The number of hydrogen-bond acceptors (Lipinski definition) is 3. The van der Waals surface area contributed by atoms with E-state index in [0.717, 1.165) is 0 Å². The van der Waals surface area contributed by atoms with Crippen molar-refractivity contribution in [1.29, 1.82) is 0 Å². The second-order valence-electron chi connectivity index (χ2n) is 5.40. The Kier molecular flexibility index (Phi) is 2.96. The Morgan fingerprint density at radius 3 is 2.29 bits per heavy atom. The smallest absolute Gasteiger partial charge is 0.280 e. The van der Waals surface area contributed by atoms with Gasteiger partial charge in [0, 0.05) is 23.4 Å². The van der Waals surface area contributed by atoms with Gasteiger partial charge in [0.05, 0.1) is 10.7 Å². The van der Waals surface area contributed by atoms with E-state index < -0.39 is 5.91 Å². The van der Waals surface area contributed by atoms with Crippen LogP contribution < -0.4 is 10.7 Å². The van der Waals surface area contributed by atoms with Crippen LogP contribution in [-0.2, 0) is 7.05 Å². The van der Waals surface area contributed by atoms with Gasteiger partial charge in [0.1, 0.15) is 0 Å². The number of amides is 1. The molecule has 24 heavy (non-hydrogen) atoms. The van der Waals surface area contributed by atoms with Crippen LogP contribution in [0.3, 0.4) is 0 Å². The monoisotopic (exact) mass is 320 g/mol. The molecule has 2 aromatic carbocycles. The molecule has 7 nitrogen and oxygen atoms in total. The molecule has 0 spiro atoms. The minimum absolute atomic E-state index is 0.0657. The maximum Gasteiger partial charge on any atom is 0.280 e. The highest BCUT2D eigenvalue weighted by Gasteiger charge is 2.16. The van der Waals surface area contributed by atoms with Gasteiger partial charge in [-0.25, -0.2) is 9.98 Å². The zero-order chi connectivity index (χ0) is 16.8. The van der Waals surface area contributed by atoms with Gasteiger partial charge in [-0.1, -0.05) is 12.1 Å². The molecule has 1 aliphatic rings. The lowest BCUT2D eigenvalue weighted by molar-refractivity contribution is 0.100. The Hall–Kier alpha value is -3.48. The van der Waals surface area contributed by atoms with Crippen LogP contribution in [0.15, 0.2) is 57.4 Å². The quantitative estimate of drug-likeness (QED) is 0.700. The van der Waals surface area contributed by atoms with Crippen molar-refractivity contribution >= 4 is 22.6 Å². The number of benzene rings is 2. The molecule has 0 fully saturated rings. The summed E-state index contributed by atoms with van der Waals surface area (Å²) >= 11 is 0. The first kappa shape index (κ1) is 14.1. The molecular weight excluding hydrogens is 308 g/mol. The number of carbonyl (C=O) groups is 1. The number of para-hydroxylation sites is 2. The maximum absolute atomic E-state index is 12.3. The van der Waals surface area contributed by atoms with Gasteiger partial charge in [-0.05, 0) is 30.3 Å². The van der Waals surface area contributed by atoms with Crippen LogP contribution in [0, 0.1) is 0 Å². The van der Waals surface area contributed by atoms with Crippen molar-refractivity contribution in [2.24, 2.45) is 22.0 Å². The number of nitrogens with zero attached hydrogens (tertiary/aromatic N) is 4. The fourth-order valence-electron chi connectivity index (χ4n) is 2.62. The Bertz CT molecular complexity index is 1120. The van der Waals surface area contributed by atoms with E-state index >= 15 is 0 Å². The fraction of sp³-hybridized carbons (Fsp3) is 0.0588. The van der Waals surface area contributed by atoms with Crippen LogP contribution in [0.4, 0.5) is 0 Å². The van der Waals surface area contributed by atoms with Gasteiger partial charge in [0.25, 0.3) is 11.9 Å². The highest BCUT2D eigenvalue weighted by atomic mass is 16.3. The number of carbonyl (C=O) groups excluding carboxylic acids is 1. The second kappa shape index (κ2) is 5.02. The summed E-state index contributed by atoms with van der Waals surface area (Å²) in [6.45, 7) is 0. The van der Waals surface area contributed by atoms with Crippen LogP contribution in [0.5, 0.6) is 11.8 Å². The van der Waals surface area contributed by atoms with E-state index in [1.807, 2.05) is 12.1 Å². The lowest BCUT2D eigenvalue weighted by Crippen LogP contribution is -2.19. The number of aromatic hydroxyl groups is 2. The lowest BCUT2D eigenvalue weighted by Gasteiger charge is -1.97. The topological polar surface area (TPSA) is 99.5 Å². The van der Waals surface area contributed by atoms with Gasteiger partial charge in [0.2, 0.25) is 11.8 Å². The van der Waals surface area contributed by atoms with E-state index in [0.29, 0.717) is 21.5 Å². The van der Waals surface area contributed by atoms with Crippen LogP contribution in [0.2, 0.25) is 0 Å². The molecule has 1 aliphatic heterocycles. The molecule has 1 aromatic heterocycles. The summed E-state index contributed by atoms with van der Waals surface area (Å²) in [6, 6.07) is 11.8. The fourth-order valence-corrected chi connectivity index (χ4v) is 2.62. The first-order valence-electron chi connectivity index (χ1n) is 7.20. The van der Waals surface area contributed by atoms with Gasteiger partial charge >= 0.3 is 0 Å². The molecule has 0 aliphatic carbocycles. The van der Waals surface area contributed by atoms with Crippen LogP contribution in [-0.4, -0.2) is 26.6 Å². The van der Waals surface area contributed by atoms with E-state index in [1.165, 1.54) is 23.7 Å². The zero-order valence-electron chi connectivity index (χ0n) is 12.6. The molecule has 2 N–H and O–H groups in total. The Morgan fingerprint density at radius 1 is 1.00 bits per heavy atom. The minimum atomic E-state index is -0.519. The molecule has 0 saturated carbocycles. The average molecular weight is 320 g/mol. The summed E-state index contributed by atoms with van der Waals surface area (Å²) in [6.07, 6.45) is 0. The lowest BCUT2D eigenvalue weighted by atomic mass is 10.1. The summed E-state index contributed by atoms with van der Waals surface area (Å²) in [5.74, 6) is -0.604. The third kappa shape index (κ3) is 2.06. The first-order chi connectivity index (χ1) is 11.5. The van der Waals surface area contributed by atoms with Crippen molar-refractivity contribution in [3.63, 3.8) is 0 Å². The van der Waals surface area contributed by atoms with Crippen LogP contribution >= 0.6 is 0 Å². The predicted octanol–water partition coefficient (Wildman–Crippen LogP) is 1.04. The third-order valence-corrected chi connectivity index (χ3v) is 3.91. The molecule has 4 rings (SSSR count). The molecule has 0 atom stereocenters. The second-order valence-corrected chi connectivity index (χ2v) is 5.40. The number of fused-ring (bicyclic) bond motifs is 2. The van der Waals surface area contributed by atoms with Crippen molar-refractivity contribution in [3.05, 3.63) is 58.7 Å². The average Bonchev–Trinajstić information content (AvgIpc) is 3.09. The van der Waals surface area contributed by atoms with E-state index in [4.69, 9.17) is 0 Å². The van der Waals surface area contributed by atoms with E-state index in [2.05, 4.69) is 15.0 Å². The van der Waals surface area contributed by atoms with Crippen LogP contribution in [0.25, 0.3) is 10.8 Å². The summed E-state index contributed by atoms with van der Waals surface area (Å²) in [5.41, 5.74) is 0.275. The van der Waals surface area contributed by atoms with Crippen molar-refractivity contribution in [2.75, 3.05) is 0 Å². The molecule has 3 aromatic rings. The summed E-state index contributed by atoms with van der Waals surface area (Å²) in [5, 5.41) is 22.1. The van der Waals surface area contributed by atoms with Gasteiger partial charge in [-0.2, -0.15) is 4.99 Å². The van der Waals surface area contributed by atoms with Gasteiger partial charge in [-0.15, -0.1) is 0 Å². The molecule has 7 heteroatoms. The Morgan fingerprint density at radius 2 is 1.62 bits per heavy atom. The van der Waals surface area contributed by atoms with E-state index in [9.17, 15) is 15.0 Å². The molecule has 2 heterocycles. The largest absolute Gasteiger partial charge is 0.494 e. The standard InChI is InChI=1S/C17H12N4O3/c1-21-15(23)10-7-6-9(8-11(10)16(21)24)14(22)20-17-18-12-4-2-3-5-13(12)19-17/h2-8,23-24H,1H3. The Labute approximate surface area is 135 Å². The maximum atomic E-state index is 12.3. The molecule has 0 radical (unpaired) electrons. The summed E-state index contributed by atoms with van der Waals surface area (Å²) < 4.78 is 1.24. The molecule has 118 valence electrons.